The van der Waals surface area contributed by atoms with Crippen LogP contribution < -0.4 is 10.1 Å². The molecule has 0 saturated heterocycles. The highest BCUT2D eigenvalue weighted by Crippen LogP contribution is 2.24. The minimum Gasteiger partial charge on any atom is -0.497 e. The number of rotatable bonds is 4. The Morgan fingerprint density at radius 1 is 0.857 bits per heavy atom. The monoisotopic (exact) mass is 415 g/mol. The van der Waals surface area contributed by atoms with Crippen molar-refractivity contribution in [2.45, 2.75) is 39.7 Å². The molecule has 1 N–H and O–H groups in total. The van der Waals surface area contributed by atoms with Gasteiger partial charge in [0.15, 0.2) is 0 Å². The predicted octanol–water partition coefficient (Wildman–Crippen LogP) is 3.61. The van der Waals surface area contributed by atoms with Gasteiger partial charge in [0.05, 0.1) is 7.11 Å². The molecule has 0 aromatic heterocycles. The molecular formula is C17H19F6NO4. The Balaban J connectivity index is 0.000000546. The molecule has 1 aromatic carbocycles. The summed E-state index contributed by atoms with van der Waals surface area (Å²) in [6.45, 7) is 6.25. The quantitative estimate of drug-likeness (QED) is 0.603. The predicted molar refractivity (Wildman–Crippen MR) is 86.4 cm³/mol. The standard InChI is InChI=1S/C13H19NO2.C4F6O2/c1-13(2,3)12(15)14-9-10-5-7-11(16-4)8-6-10;5-3(6,7)1(11)2(12)4(8,9)10/h5-8H,9H2,1-4H3,(H,14,15);. The number of methoxy groups -OCH3 is 1. The van der Waals surface area contributed by atoms with Gasteiger partial charge in [-0.1, -0.05) is 32.9 Å². The third-order valence-corrected chi connectivity index (χ3v) is 3.01. The summed E-state index contributed by atoms with van der Waals surface area (Å²) in [4.78, 5) is 30.9. The van der Waals surface area contributed by atoms with E-state index in [4.69, 9.17) is 4.74 Å². The zero-order valence-corrected chi connectivity index (χ0v) is 15.4. The second kappa shape index (κ2) is 9.56. The van der Waals surface area contributed by atoms with Gasteiger partial charge in [0.1, 0.15) is 5.75 Å². The summed E-state index contributed by atoms with van der Waals surface area (Å²) in [6.07, 6.45) is -11.5. The van der Waals surface area contributed by atoms with Crippen LogP contribution in [0, 0.1) is 5.41 Å². The largest absolute Gasteiger partial charge is 0.497 e. The molecule has 0 bridgehead atoms. The lowest BCUT2D eigenvalue weighted by Crippen LogP contribution is -2.39. The van der Waals surface area contributed by atoms with Crippen molar-refractivity contribution in [1.29, 1.82) is 0 Å². The molecule has 0 saturated carbocycles. The topological polar surface area (TPSA) is 72.5 Å². The van der Waals surface area contributed by atoms with Crippen LogP contribution in [-0.2, 0) is 20.9 Å². The van der Waals surface area contributed by atoms with Crippen LogP contribution in [0.4, 0.5) is 26.3 Å². The van der Waals surface area contributed by atoms with Crippen molar-refractivity contribution in [3.8, 4) is 5.75 Å². The van der Waals surface area contributed by atoms with E-state index >= 15 is 0 Å². The van der Waals surface area contributed by atoms with Crippen LogP contribution in [0.15, 0.2) is 24.3 Å². The molecule has 0 heterocycles. The first-order valence-electron chi connectivity index (χ1n) is 7.64. The molecule has 0 spiro atoms. The number of hydrogen-bond acceptors (Lipinski definition) is 4. The molecule has 28 heavy (non-hydrogen) atoms. The van der Waals surface area contributed by atoms with E-state index in [1.54, 1.807) is 7.11 Å². The number of ether oxygens (including phenoxy) is 1. The van der Waals surface area contributed by atoms with Crippen molar-refractivity contribution >= 4 is 17.5 Å². The highest BCUT2D eigenvalue weighted by atomic mass is 19.4. The van der Waals surface area contributed by atoms with Crippen molar-refractivity contribution in [1.82, 2.24) is 5.32 Å². The molecule has 0 radical (unpaired) electrons. The fourth-order valence-corrected chi connectivity index (χ4v) is 1.45. The minimum absolute atomic E-state index is 0.0586. The Morgan fingerprint density at radius 2 is 1.25 bits per heavy atom. The van der Waals surface area contributed by atoms with Crippen molar-refractivity contribution in [3.63, 3.8) is 0 Å². The number of halogens is 6. The normalized spacial score (nSPS) is 11.8. The molecule has 158 valence electrons. The second-order valence-electron chi connectivity index (χ2n) is 6.43. The van der Waals surface area contributed by atoms with Gasteiger partial charge in [0.25, 0.3) is 0 Å². The summed E-state index contributed by atoms with van der Waals surface area (Å²) in [7, 11) is 1.64. The van der Waals surface area contributed by atoms with Crippen molar-refractivity contribution in [3.05, 3.63) is 29.8 Å². The van der Waals surface area contributed by atoms with E-state index < -0.39 is 23.9 Å². The fourth-order valence-electron chi connectivity index (χ4n) is 1.45. The van der Waals surface area contributed by atoms with Gasteiger partial charge in [-0.3, -0.25) is 14.4 Å². The van der Waals surface area contributed by atoms with Gasteiger partial charge in [0, 0.05) is 12.0 Å². The number of Topliss-reactive ketones (excluding diaryl/α,β-unsaturated/α-hetero) is 2. The SMILES string of the molecule is COc1ccc(CNC(=O)C(C)(C)C)cc1.O=C(C(=O)C(F)(F)F)C(F)(F)F. The first-order valence-corrected chi connectivity index (χ1v) is 7.64. The average molecular weight is 415 g/mol. The maximum absolute atomic E-state index is 11.6. The zero-order chi connectivity index (χ0) is 22.3. The summed E-state index contributed by atoms with van der Waals surface area (Å²) in [6, 6.07) is 7.67. The zero-order valence-electron chi connectivity index (χ0n) is 15.4. The highest BCUT2D eigenvalue weighted by molar-refractivity contribution is 6.41. The number of alkyl halides is 6. The molecule has 0 unspecified atom stereocenters. The molecule has 1 amide bonds. The van der Waals surface area contributed by atoms with E-state index in [9.17, 15) is 40.7 Å². The molecule has 0 atom stereocenters. The van der Waals surface area contributed by atoms with E-state index in [0.717, 1.165) is 11.3 Å². The van der Waals surface area contributed by atoms with Crippen LogP contribution in [0.2, 0.25) is 0 Å². The molecule has 11 heteroatoms. The van der Waals surface area contributed by atoms with E-state index in [2.05, 4.69) is 5.32 Å². The average Bonchev–Trinajstić information content (AvgIpc) is 2.56. The summed E-state index contributed by atoms with van der Waals surface area (Å²) in [5.74, 6) is -5.93. The molecule has 1 rings (SSSR count). The van der Waals surface area contributed by atoms with Crippen LogP contribution in [0.1, 0.15) is 26.3 Å². The number of carbonyl (C=O) groups excluding carboxylic acids is 3. The second-order valence-corrected chi connectivity index (χ2v) is 6.43. The van der Waals surface area contributed by atoms with Crippen molar-refractivity contribution in [2.24, 2.45) is 5.41 Å². The third-order valence-electron chi connectivity index (χ3n) is 3.01. The smallest absolute Gasteiger partial charge is 0.458 e. The Bertz CT molecular complexity index is 664. The number of ketones is 2. The minimum atomic E-state index is -5.77. The number of nitrogens with one attached hydrogen (secondary N) is 1. The van der Waals surface area contributed by atoms with Gasteiger partial charge in [-0.2, -0.15) is 26.3 Å². The molecule has 0 aliphatic rings. The Morgan fingerprint density at radius 3 is 1.54 bits per heavy atom. The lowest BCUT2D eigenvalue weighted by molar-refractivity contribution is -0.193. The van der Waals surface area contributed by atoms with Crippen molar-refractivity contribution in [2.75, 3.05) is 7.11 Å². The number of carbonyl (C=O) groups is 3. The maximum atomic E-state index is 11.6. The fraction of sp³-hybridized carbons (Fsp3) is 0.471. The van der Waals surface area contributed by atoms with Gasteiger partial charge in [-0.25, -0.2) is 0 Å². The van der Waals surface area contributed by atoms with Gasteiger partial charge < -0.3 is 10.1 Å². The van der Waals surface area contributed by atoms with Crippen LogP contribution in [0.5, 0.6) is 5.75 Å². The molecule has 1 aromatic rings. The van der Waals surface area contributed by atoms with E-state index in [1.165, 1.54) is 0 Å². The summed E-state index contributed by atoms with van der Waals surface area (Å²) in [5, 5.41) is 2.90. The van der Waals surface area contributed by atoms with Crippen molar-refractivity contribution < 1.29 is 45.5 Å². The van der Waals surface area contributed by atoms with Crippen LogP contribution in [-0.4, -0.2) is 36.9 Å². The Kier molecular flexibility index (Phi) is 8.67. The van der Waals surface area contributed by atoms with Crippen LogP contribution in [0.25, 0.3) is 0 Å². The number of amides is 1. The first-order chi connectivity index (χ1) is 12.5. The number of benzene rings is 1. The van der Waals surface area contributed by atoms with Crippen LogP contribution in [0.3, 0.4) is 0 Å². The maximum Gasteiger partial charge on any atom is 0.458 e. The highest BCUT2D eigenvalue weighted by Gasteiger charge is 2.54. The van der Waals surface area contributed by atoms with E-state index in [0.29, 0.717) is 6.54 Å². The van der Waals surface area contributed by atoms with E-state index in [1.807, 2.05) is 45.0 Å². The molecule has 0 aliphatic carbocycles. The Labute approximate surface area is 157 Å². The molecule has 0 aliphatic heterocycles. The summed E-state index contributed by atoms with van der Waals surface area (Å²) < 4.78 is 72.0. The van der Waals surface area contributed by atoms with E-state index in [-0.39, 0.29) is 11.3 Å². The number of hydrogen-bond donors (Lipinski definition) is 1. The van der Waals surface area contributed by atoms with Gasteiger partial charge in [-0.05, 0) is 17.7 Å². The van der Waals surface area contributed by atoms with Gasteiger partial charge >= 0.3 is 23.9 Å². The van der Waals surface area contributed by atoms with Gasteiger partial charge in [0.2, 0.25) is 5.91 Å². The summed E-state index contributed by atoms with van der Waals surface area (Å²) in [5.41, 5.74) is 0.727. The Hall–Kier alpha value is -2.59. The molecule has 5 nitrogen and oxygen atoms in total. The molecular weight excluding hydrogens is 396 g/mol. The third kappa shape index (κ3) is 8.87. The van der Waals surface area contributed by atoms with Gasteiger partial charge in [-0.15, -0.1) is 0 Å². The molecule has 0 fully saturated rings. The lowest BCUT2D eigenvalue weighted by atomic mass is 9.95. The lowest BCUT2D eigenvalue weighted by Gasteiger charge is -2.17. The van der Waals surface area contributed by atoms with Crippen LogP contribution >= 0.6 is 0 Å². The summed E-state index contributed by atoms with van der Waals surface area (Å²) >= 11 is 0. The first kappa shape index (κ1) is 25.4.